The molecule has 30 heavy (non-hydrogen) atoms. The number of amides is 2. The van der Waals surface area contributed by atoms with E-state index >= 15 is 0 Å². The van der Waals surface area contributed by atoms with Crippen LogP contribution < -0.4 is 5.32 Å². The Balaban J connectivity index is 1.49. The summed E-state index contributed by atoms with van der Waals surface area (Å²) < 4.78 is 24.7. The maximum absolute atomic E-state index is 12.8. The lowest BCUT2D eigenvalue weighted by Crippen LogP contribution is -2.47. The number of likely N-dealkylation sites (tertiary alicyclic amines) is 1. The highest BCUT2D eigenvalue weighted by atomic mass is 35.5. The number of carbonyl (C=O) groups excluding carboxylic acids is 2. The van der Waals surface area contributed by atoms with Gasteiger partial charge in [-0.3, -0.25) is 9.59 Å². The maximum atomic E-state index is 12.8. The van der Waals surface area contributed by atoms with Gasteiger partial charge in [-0.25, -0.2) is 12.7 Å². The molecular weight excluding hydrogens is 449 g/mol. The highest BCUT2D eigenvalue weighted by molar-refractivity contribution is 7.88. The molecule has 2 amide bonds. The molecule has 1 unspecified atom stereocenters. The molecule has 2 aliphatic heterocycles. The molecule has 1 N–H and O–H groups in total. The number of sulfonamides is 1. The quantitative estimate of drug-likeness (QED) is 0.708. The Morgan fingerprint density at radius 1 is 1.10 bits per heavy atom. The van der Waals surface area contributed by atoms with Crippen molar-refractivity contribution in [3.05, 3.63) is 33.8 Å². The first kappa shape index (κ1) is 23.3. The highest BCUT2D eigenvalue weighted by Crippen LogP contribution is 2.25. The summed E-state index contributed by atoms with van der Waals surface area (Å²) in [6.45, 7) is 2.50. The average Bonchev–Trinajstić information content (AvgIpc) is 2.73. The summed E-state index contributed by atoms with van der Waals surface area (Å²) in [5.74, 6) is -0.183. The number of hydrogen-bond acceptors (Lipinski definition) is 4. The molecule has 1 aromatic carbocycles. The van der Waals surface area contributed by atoms with Crippen LogP contribution in [0.1, 0.15) is 36.0 Å². The van der Waals surface area contributed by atoms with E-state index < -0.39 is 10.0 Å². The van der Waals surface area contributed by atoms with Crippen molar-refractivity contribution in [1.82, 2.24) is 14.5 Å². The number of carbonyl (C=O) groups is 2. The Kier molecular flexibility index (Phi) is 7.66. The molecule has 2 fully saturated rings. The van der Waals surface area contributed by atoms with Crippen molar-refractivity contribution in [1.29, 1.82) is 0 Å². The number of nitrogens with one attached hydrogen (secondary N) is 1. The van der Waals surface area contributed by atoms with E-state index in [4.69, 9.17) is 23.2 Å². The molecule has 0 bridgehead atoms. The summed E-state index contributed by atoms with van der Waals surface area (Å²) in [5, 5.41) is 3.73. The van der Waals surface area contributed by atoms with Crippen LogP contribution in [-0.4, -0.2) is 68.4 Å². The molecule has 1 aromatic rings. The summed E-state index contributed by atoms with van der Waals surface area (Å²) >= 11 is 11.9. The molecule has 2 saturated heterocycles. The minimum absolute atomic E-state index is 0.0489. The number of hydrogen-bond donors (Lipinski definition) is 1. The van der Waals surface area contributed by atoms with Crippen molar-refractivity contribution in [3.63, 3.8) is 0 Å². The van der Waals surface area contributed by atoms with E-state index in [0.29, 0.717) is 48.3 Å². The van der Waals surface area contributed by atoms with Crippen LogP contribution in [-0.2, 0) is 14.8 Å². The molecule has 2 aliphatic rings. The van der Waals surface area contributed by atoms with Crippen LogP contribution in [0.3, 0.4) is 0 Å². The van der Waals surface area contributed by atoms with Crippen LogP contribution in [0.25, 0.3) is 0 Å². The van der Waals surface area contributed by atoms with Crippen molar-refractivity contribution in [2.24, 2.45) is 11.8 Å². The van der Waals surface area contributed by atoms with Gasteiger partial charge in [0.15, 0.2) is 0 Å². The average molecular weight is 476 g/mol. The van der Waals surface area contributed by atoms with Gasteiger partial charge < -0.3 is 10.2 Å². The van der Waals surface area contributed by atoms with Crippen molar-refractivity contribution >= 4 is 45.0 Å². The van der Waals surface area contributed by atoms with Crippen LogP contribution in [0.5, 0.6) is 0 Å². The van der Waals surface area contributed by atoms with E-state index in [9.17, 15) is 18.0 Å². The molecule has 2 heterocycles. The number of rotatable bonds is 5. The van der Waals surface area contributed by atoms with Gasteiger partial charge in [0.05, 0.1) is 22.2 Å². The topological polar surface area (TPSA) is 86.8 Å². The Morgan fingerprint density at radius 3 is 2.43 bits per heavy atom. The first-order chi connectivity index (χ1) is 14.1. The molecule has 0 radical (unpaired) electrons. The minimum atomic E-state index is -3.15. The molecule has 3 rings (SSSR count). The second-order valence-corrected chi connectivity index (χ2v) is 10.9. The first-order valence-electron chi connectivity index (χ1n) is 10.1. The van der Waals surface area contributed by atoms with E-state index in [2.05, 4.69) is 5.32 Å². The van der Waals surface area contributed by atoms with E-state index in [-0.39, 0.29) is 23.7 Å². The molecule has 7 nitrogen and oxygen atoms in total. The van der Waals surface area contributed by atoms with Crippen molar-refractivity contribution in [2.75, 3.05) is 39.0 Å². The smallest absolute Gasteiger partial charge is 0.253 e. The van der Waals surface area contributed by atoms with Gasteiger partial charge in [0.1, 0.15) is 0 Å². The Morgan fingerprint density at radius 2 is 1.80 bits per heavy atom. The third-order valence-electron chi connectivity index (χ3n) is 5.85. The minimum Gasteiger partial charge on any atom is -0.356 e. The SMILES string of the molecule is CS(=O)(=O)N1CCC(CNC(=O)C2CCCN(C(=O)c3ccc(Cl)c(Cl)c3)C2)CC1. The van der Waals surface area contributed by atoms with Crippen LogP contribution in [0.4, 0.5) is 0 Å². The van der Waals surface area contributed by atoms with Gasteiger partial charge in [-0.15, -0.1) is 0 Å². The number of halogens is 2. The molecule has 0 spiro atoms. The van der Waals surface area contributed by atoms with Crippen LogP contribution in [0, 0.1) is 11.8 Å². The summed E-state index contributed by atoms with van der Waals surface area (Å²) in [4.78, 5) is 27.2. The van der Waals surface area contributed by atoms with Gasteiger partial charge in [-0.1, -0.05) is 23.2 Å². The highest BCUT2D eigenvalue weighted by Gasteiger charge is 2.30. The van der Waals surface area contributed by atoms with Crippen LogP contribution in [0.2, 0.25) is 10.0 Å². The first-order valence-corrected chi connectivity index (χ1v) is 12.7. The Bertz CT molecular complexity index is 901. The fraction of sp³-hybridized carbons (Fsp3) is 0.600. The predicted molar refractivity (Wildman–Crippen MR) is 117 cm³/mol. The lowest BCUT2D eigenvalue weighted by atomic mass is 9.95. The van der Waals surface area contributed by atoms with E-state index in [1.54, 1.807) is 23.1 Å². The molecule has 1 atom stereocenters. The van der Waals surface area contributed by atoms with E-state index in [0.717, 1.165) is 25.7 Å². The lowest BCUT2D eigenvalue weighted by molar-refractivity contribution is -0.126. The molecule has 0 aliphatic carbocycles. The molecule has 0 saturated carbocycles. The van der Waals surface area contributed by atoms with Gasteiger partial charge in [-0.05, 0) is 49.8 Å². The van der Waals surface area contributed by atoms with Gasteiger partial charge in [0.25, 0.3) is 5.91 Å². The standard InChI is InChI=1S/C20H27Cl2N3O4S/c1-30(28,29)25-9-6-14(7-10-25)12-23-19(26)16-3-2-8-24(13-16)20(27)15-4-5-17(21)18(22)11-15/h4-5,11,14,16H,2-3,6-10,12-13H2,1H3,(H,23,26). The monoisotopic (exact) mass is 475 g/mol. The maximum Gasteiger partial charge on any atom is 0.253 e. The Hall–Kier alpha value is -1.35. The van der Waals surface area contributed by atoms with Gasteiger partial charge in [0, 0.05) is 38.3 Å². The van der Waals surface area contributed by atoms with Gasteiger partial charge in [0.2, 0.25) is 15.9 Å². The predicted octanol–water partition coefficient (Wildman–Crippen LogP) is 2.63. The molecular formula is C20H27Cl2N3O4S. The van der Waals surface area contributed by atoms with E-state index in [1.807, 2.05) is 0 Å². The summed E-state index contributed by atoms with van der Waals surface area (Å²) in [6, 6.07) is 4.79. The van der Waals surface area contributed by atoms with Gasteiger partial charge >= 0.3 is 0 Å². The zero-order valence-electron chi connectivity index (χ0n) is 16.9. The lowest BCUT2D eigenvalue weighted by Gasteiger charge is -2.33. The van der Waals surface area contributed by atoms with Crippen molar-refractivity contribution in [2.45, 2.75) is 25.7 Å². The Labute approximate surface area is 187 Å². The third kappa shape index (κ3) is 5.87. The third-order valence-corrected chi connectivity index (χ3v) is 7.90. The number of benzene rings is 1. The van der Waals surface area contributed by atoms with Gasteiger partial charge in [-0.2, -0.15) is 0 Å². The van der Waals surface area contributed by atoms with Crippen molar-refractivity contribution < 1.29 is 18.0 Å². The summed E-state index contributed by atoms with van der Waals surface area (Å²) in [6.07, 6.45) is 4.20. The van der Waals surface area contributed by atoms with Crippen molar-refractivity contribution in [3.8, 4) is 0 Å². The molecule has 166 valence electrons. The zero-order chi connectivity index (χ0) is 21.9. The van der Waals surface area contributed by atoms with Crippen LogP contribution >= 0.6 is 23.2 Å². The normalized spacial score (nSPS) is 21.4. The van der Waals surface area contributed by atoms with Crippen LogP contribution in [0.15, 0.2) is 18.2 Å². The zero-order valence-corrected chi connectivity index (χ0v) is 19.3. The fourth-order valence-electron chi connectivity index (χ4n) is 4.02. The second kappa shape index (κ2) is 9.85. The molecule has 10 heteroatoms. The number of nitrogens with zero attached hydrogens (tertiary/aromatic N) is 2. The molecule has 0 aromatic heterocycles. The second-order valence-electron chi connectivity index (χ2n) is 8.07. The fourth-order valence-corrected chi connectivity index (χ4v) is 5.19. The summed E-state index contributed by atoms with van der Waals surface area (Å²) in [7, 11) is -3.15. The number of piperidine rings is 2. The summed E-state index contributed by atoms with van der Waals surface area (Å²) in [5.41, 5.74) is 0.461. The largest absolute Gasteiger partial charge is 0.356 e. The van der Waals surface area contributed by atoms with E-state index in [1.165, 1.54) is 10.6 Å².